The normalized spacial score (nSPS) is 22.4. The summed E-state index contributed by atoms with van der Waals surface area (Å²) in [6, 6.07) is 0.128. The summed E-state index contributed by atoms with van der Waals surface area (Å²) in [4.78, 5) is 11.8. The molecule has 0 bridgehead atoms. The standard InChI is InChI=1S/C13H25N3O3S/c1-2-7-20(18,19)16-5-3-12(4-6-16)15-13(17)8-11-9-14-10-11/h11-12,14H,2-10H2,1H3,(H,15,17). The number of rotatable bonds is 6. The summed E-state index contributed by atoms with van der Waals surface area (Å²) in [7, 11) is -3.09. The van der Waals surface area contributed by atoms with Crippen LogP contribution in [0.2, 0.25) is 0 Å². The third-order valence-corrected chi connectivity index (χ3v) is 6.09. The Labute approximate surface area is 121 Å². The molecule has 20 heavy (non-hydrogen) atoms. The van der Waals surface area contributed by atoms with Crippen LogP contribution in [0, 0.1) is 5.92 Å². The van der Waals surface area contributed by atoms with Gasteiger partial charge in [0.2, 0.25) is 15.9 Å². The largest absolute Gasteiger partial charge is 0.353 e. The minimum absolute atomic E-state index is 0.103. The number of amides is 1. The number of nitrogens with one attached hydrogen (secondary N) is 2. The molecule has 7 heteroatoms. The van der Waals surface area contributed by atoms with E-state index in [1.807, 2.05) is 6.92 Å². The number of sulfonamides is 1. The summed E-state index contributed by atoms with van der Waals surface area (Å²) >= 11 is 0. The molecule has 0 spiro atoms. The molecule has 2 saturated heterocycles. The van der Waals surface area contributed by atoms with Crippen LogP contribution in [0.25, 0.3) is 0 Å². The van der Waals surface area contributed by atoms with Gasteiger partial charge in [0.05, 0.1) is 5.75 Å². The maximum absolute atomic E-state index is 11.9. The highest BCUT2D eigenvalue weighted by molar-refractivity contribution is 7.89. The molecule has 2 rings (SSSR count). The summed E-state index contributed by atoms with van der Waals surface area (Å²) < 4.78 is 25.4. The van der Waals surface area contributed by atoms with E-state index in [-0.39, 0.29) is 17.7 Å². The zero-order chi connectivity index (χ0) is 14.6. The summed E-state index contributed by atoms with van der Waals surface area (Å²) in [5.41, 5.74) is 0. The minimum atomic E-state index is -3.09. The molecular weight excluding hydrogens is 278 g/mol. The third kappa shape index (κ3) is 4.17. The molecule has 6 nitrogen and oxygen atoms in total. The van der Waals surface area contributed by atoms with Gasteiger partial charge in [-0.1, -0.05) is 6.92 Å². The second-order valence-electron chi connectivity index (χ2n) is 5.79. The first kappa shape index (κ1) is 15.7. The second-order valence-corrected chi connectivity index (χ2v) is 7.87. The summed E-state index contributed by atoms with van der Waals surface area (Å²) in [5.74, 6) is 0.796. The number of piperidine rings is 1. The fourth-order valence-electron chi connectivity index (χ4n) is 2.71. The van der Waals surface area contributed by atoms with E-state index in [2.05, 4.69) is 10.6 Å². The van der Waals surface area contributed by atoms with Crippen molar-refractivity contribution >= 4 is 15.9 Å². The zero-order valence-corrected chi connectivity index (χ0v) is 12.9. The number of hydrogen-bond donors (Lipinski definition) is 2. The van der Waals surface area contributed by atoms with Crippen LogP contribution in [0.4, 0.5) is 0 Å². The van der Waals surface area contributed by atoms with Gasteiger partial charge in [-0.3, -0.25) is 4.79 Å². The van der Waals surface area contributed by atoms with Gasteiger partial charge in [0, 0.05) is 25.6 Å². The molecule has 2 aliphatic rings. The highest BCUT2D eigenvalue weighted by Gasteiger charge is 2.28. The molecule has 116 valence electrons. The van der Waals surface area contributed by atoms with Crippen molar-refractivity contribution in [2.45, 2.75) is 38.6 Å². The topological polar surface area (TPSA) is 78.5 Å². The van der Waals surface area contributed by atoms with Crippen molar-refractivity contribution < 1.29 is 13.2 Å². The Morgan fingerprint density at radius 1 is 1.30 bits per heavy atom. The molecule has 0 unspecified atom stereocenters. The summed E-state index contributed by atoms with van der Waals surface area (Å²) in [6.07, 6.45) is 2.67. The Bertz CT molecular complexity index is 426. The van der Waals surface area contributed by atoms with Crippen LogP contribution < -0.4 is 10.6 Å². The third-order valence-electron chi connectivity index (χ3n) is 4.01. The quantitative estimate of drug-likeness (QED) is 0.719. The van der Waals surface area contributed by atoms with E-state index in [1.165, 1.54) is 0 Å². The molecule has 0 atom stereocenters. The summed E-state index contributed by atoms with van der Waals surface area (Å²) in [6.45, 7) is 4.79. The molecule has 0 radical (unpaired) electrons. The van der Waals surface area contributed by atoms with Crippen LogP contribution in [-0.2, 0) is 14.8 Å². The minimum Gasteiger partial charge on any atom is -0.353 e. The molecule has 0 aliphatic carbocycles. The molecule has 0 aromatic heterocycles. The molecule has 2 fully saturated rings. The van der Waals surface area contributed by atoms with E-state index >= 15 is 0 Å². The molecule has 0 saturated carbocycles. The molecule has 0 aromatic rings. The Balaban J connectivity index is 1.72. The lowest BCUT2D eigenvalue weighted by atomic mass is 9.98. The van der Waals surface area contributed by atoms with Crippen LogP contribution in [0.3, 0.4) is 0 Å². The SMILES string of the molecule is CCCS(=O)(=O)N1CCC(NC(=O)CC2CNC2)CC1. The Morgan fingerprint density at radius 3 is 2.45 bits per heavy atom. The van der Waals surface area contributed by atoms with Gasteiger partial charge in [-0.05, 0) is 38.3 Å². The predicted molar refractivity (Wildman–Crippen MR) is 77.8 cm³/mol. The maximum atomic E-state index is 11.9. The first-order valence-electron chi connectivity index (χ1n) is 7.49. The Kier molecular flexibility index (Phi) is 5.40. The van der Waals surface area contributed by atoms with E-state index < -0.39 is 10.0 Å². The van der Waals surface area contributed by atoms with E-state index in [9.17, 15) is 13.2 Å². The Hall–Kier alpha value is -0.660. The van der Waals surface area contributed by atoms with Gasteiger partial charge in [0.25, 0.3) is 0 Å². The number of carbonyl (C=O) groups is 1. The van der Waals surface area contributed by atoms with Crippen LogP contribution >= 0.6 is 0 Å². The van der Waals surface area contributed by atoms with Gasteiger partial charge in [0.15, 0.2) is 0 Å². The van der Waals surface area contributed by atoms with Crippen molar-refractivity contribution in [1.29, 1.82) is 0 Å². The van der Waals surface area contributed by atoms with Crippen molar-refractivity contribution in [2.75, 3.05) is 31.9 Å². The van der Waals surface area contributed by atoms with Gasteiger partial charge >= 0.3 is 0 Å². The van der Waals surface area contributed by atoms with Crippen LogP contribution in [0.1, 0.15) is 32.6 Å². The van der Waals surface area contributed by atoms with Crippen molar-refractivity contribution in [3.05, 3.63) is 0 Å². The maximum Gasteiger partial charge on any atom is 0.220 e. The molecule has 1 amide bonds. The lowest BCUT2D eigenvalue weighted by Crippen LogP contribution is -2.49. The van der Waals surface area contributed by atoms with E-state index in [0.717, 1.165) is 25.9 Å². The monoisotopic (exact) mass is 303 g/mol. The van der Waals surface area contributed by atoms with Crippen molar-refractivity contribution in [3.8, 4) is 0 Å². The van der Waals surface area contributed by atoms with E-state index in [1.54, 1.807) is 4.31 Å². The number of carbonyl (C=O) groups excluding carboxylic acids is 1. The van der Waals surface area contributed by atoms with Crippen LogP contribution in [-0.4, -0.2) is 56.6 Å². The number of hydrogen-bond acceptors (Lipinski definition) is 4. The molecular formula is C13H25N3O3S. The van der Waals surface area contributed by atoms with Crippen molar-refractivity contribution in [1.82, 2.24) is 14.9 Å². The first-order valence-corrected chi connectivity index (χ1v) is 9.10. The van der Waals surface area contributed by atoms with Gasteiger partial charge in [-0.15, -0.1) is 0 Å². The number of nitrogens with zero attached hydrogens (tertiary/aromatic N) is 1. The molecule has 2 aliphatic heterocycles. The second kappa shape index (κ2) is 6.87. The highest BCUT2D eigenvalue weighted by Crippen LogP contribution is 2.16. The average molecular weight is 303 g/mol. The summed E-state index contributed by atoms with van der Waals surface area (Å²) in [5, 5.41) is 6.18. The first-order chi connectivity index (χ1) is 9.51. The Morgan fingerprint density at radius 2 is 1.95 bits per heavy atom. The zero-order valence-electron chi connectivity index (χ0n) is 12.1. The predicted octanol–water partition coefficient (Wildman–Crippen LogP) is -0.0837. The fraction of sp³-hybridized carbons (Fsp3) is 0.923. The van der Waals surface area contributed by atoms with Crippen LogP contribution in [0.15, 0.2) is 0 Å². The van der Waals surface area contributed by atoms with Crippen LogP contribution in [0.5, 0.6) is 0 Å². The average Bonchev–Trinajstić information content (AvgIpc) is 2.34. The highest BCUT2D eigenvalue weighted by atomic mass is 32.2. The van der Waals surface area contributed by atoms with E-state index in [0.29, 0.717) is 31.8 Å². The van der Waals surface area contributed by atoms with Crippen molar-refractivity contribution in [3.63, 3.8) is 0 Å². The lowest BCUT2D eigenvalue weighted by molar-refractivity contribution is -0.123. The fourth-order valence-corrected chi connectivity index (χ4v) is 4.25. The van der Waals surface area contributed by atoms with E-state index in [4.69, 9.17) is 0 Å². The van der Waals surface area contributed by atoms with Crippen molar-refractivity contribution in [2.24, 2.45) is 5.92 Å². The molecule has 2 N–H and O–H groups in total. The smallest absolute Gasteiger partial charge is 0.220 e. The van der Waals surface area contributed by atoms with Gasteiger partial charge in [-0.25, -0.2) is 12.7 Å². The van der Waals surface area contributed by atoms with Gasteiger partial charge in [-0.2, -0.15) is 0 Å². The van der Waals surface area contributed by atoms with Gasteiger partial charge < -0.3 is 10.6 Å². The molecule has 0 aromatic carbocycles. The lowest BCUT2D eigenvalue weighted by Gasteiger charge is -2.32. The molecule has 2 heterocycles. The van der Waals surface area contributed by atoms with Gasteiger partial charge in [0.1, 0.15) is 0 Å².